The fourth-order valence-corrected chi connectivity index (χ4v) is 3.68. The van der Waals surface area contributed by atoms with Crippen molar-refractivity contribution >= 4 is 18.0 Å². The van der Waals surface area contributed by atoms with Gasteiger partial charge >= 0.3 is 18.4 Å². The van der Waals surface area contributed by atoms with Gasteiger partial charge in [0.2, 0.25) is 0 Å². The zero-order valence-electron chi connectivity index (χ0n) is 15.5. The largest absolute Gasteiger partial charge is 0.447 e. The second-order valence-electron chi connectivity index (χ2n) is 7.54. The Kier molecular flexibility index (Phi) is 5.13. The quantitative estimate of drug-likeness (QED) is 0.813. The van der Waals surface area contributed by atoms with E-state index in [2.05, 4.69) is 10.3 Å². The van der Waals surface area contributed by atoms with E-state index >= 15 is 0 Å². The second-order valence-corrected chi connectivity index (χ2v) is 7.54. The van der Waals surface area contributed by atoms with Gasteiger partial charge in [-0.1, -0.05) is 6.07 Å². The zero-order valence-corrected chi connectivity index (χ0v) is 15.5. The number of amides is 2. The minimum absolute atomic E-state index is 0.0523. The van der Waals surface area contributed by atoms with Crippen LogP contribution in [0.25, 0.3) is 0 Å². The fourth-order valence-electron chi connectivity index (χ4n) is 3.68. The van der Waals surface area contributed by atoms with Gasteiger partial charge in [-0.25, -0.2) is 14.6 Å². The number of hydrogen-bond donors (Lipinski definition) is 1. The Morgan fingerprint density at radius 3 is 2.69 bits per heavy atom. The summed E-state index contributed by atoms with van der Waals surface area (Å²) in [5, 5.41) is 2.53. The molecule has 1 N–H and O–H groups in total. The van der Waals surface area contributed by atoms with Crippen molar-refractivity contribution in [3.8, 4) is 0 Å². The third-order valence-electron chi connectivity index (χ3n) is 5.50. The van der Waals surface area contributed by atoms with Crippen molar-refractivity contribution in [2.24, 2.45) is 5.92 Å². The lowest BCUT2D eigenvalue weighted by Gasteiger charge is -2.38. The van der Waals surface area contributed by atoms with Crippen molar-refractivity contribution in [1.29, 1.82) is 0 Å². The number of halogens is 3. The first-order valence-corrected chi connectivity index (χ1v) is 9.42. The van der Waals surface area contributed by atoms with Crippen molar-refractivity contribution < 1.29 is 32.2 Å². The number of nitrogens with zero attached hydrogens (tertiary/aromatic N) is 3. The normalized spacial score (nSPS) is 24.9. The molecule has 0 aromatic carbocycles. The van der Waals surface area contributed by atoms with Crippen LogP contribution in [-0.4, -0.2) is 73.7 Å². The predicted molar refractivity (Wildman–Crippen MR) is 94.5 cm³/mol. The Bertz CT molecular complexity index is 767. The third-order valence-corrected chi connectivity index (χ3v) is 5.50. The van der Waals surface area contributed by atoms with Gasteiger partial charge in [0, 0.05) is 38.3 Å². The number of hydrogen-bond acceptors (Lipinski definition) is 6. The van der Waals surface area contributed by atoms with Gasteiger partial charge in [0.15, 0.2) is 0 Å². The summed E-state index contributed by atoms with van der Waals surface area (Å²) in [7, 11) is 0. The molecule has 8 nitrogen and oxygen atoms in total. The molecule has 3 aliphatic rings. The lowest BCUT2D eigenvalue weighted by atomic mass is 9.93. The summed E-state index contributed by atoms with van der Waals surface area (Å²) in [6.45, 7) is 1.46. The van der Waals surface area contributed by atoms with E-state index in [-0.39, 0.29) is 38.1 Å². The average Bonchev–Trinajstić information content (AvgIpc) is 3.28. The van der Waals surface area contributed by atoms with Gasteiger partial charge in [0.25, 0.3) is 0 Å². The number of carbonyl (C=O) groups excluding carboxylic acids is 2. The topological polar surface area (TPSA) is 84.0 Å². The molecule has 1 unspecified atom stereocenters. The molecule has 0 spiro atoms. The zero-order chi connectivity index (χ0) is 20.6. The van der Waals surface area contributed by atoms with Crippen LogP contribution in [0.5, 0.6) is 0 Å². The van der Waals surface area contributed by atoms with E-state index in [1.807, 2.05) is 6.07 Å². The SMILES string of the molecule is O=C1N[C@H](COC(=O)N2CC(c3ccc(N4CCC(C(F)(F)F)C4)nc3)C2)CO1. The van der Waals surface area contributed by atoms with Crippen LogP contribution in [0, 0.1) is 5.92 Å². The number of nitrogens with one attached hydrogen (secondary N) is 1. The standard InChI is InChI=1S/C18H21F3N4O4/c19-18(20,21)13-3-4-24(8-13)15-2-1-11(5-22-15)12-6-25(7-12)17(27)29-10-14-9-28-16(26)23-14/h1-2,5,12-14H,3-4,6-10H2,(H,23,26)/t13?,14-/m0/s1. The second kappa shape index (κ2) is 7.60. The lowest BCUT2D eigenvalue weighted by Crippen LogP contribution is -2.49. The maximum absolute atomic E-state index is 12.8. The number of alkyl carbamates (subject to hydrolysis) is 1. The number of alkyl halides is 3. The third kappa shape index (κ3) is 4.33. The highest BCUT2D eigenvalue weighted by atomic mass is 19.4. The van der Waals surface area contributed by atoms with Crippen LogP contribution in [0.1, 0.15) is 17.9 Å². The Morgan fingerprint density at radius 1 is 1.31 bits per heavy atom. The van der Waals surface area contributed by atoms with Gasteiger partial charge in [0.1, 0.15) is 25.1 Å². The van der Waals surface area contributed by atoms with Gasteiger partial charge in [-0.15, -0.1) is 0 Å². The molecule has 2 amide bonds. The molecule has 1 aromatic rings. The molecule has 3 saturated heterocycles. The van der Waals surface area contributed by atoms with Crippen molar-refractivity contribution in [1.82, 2.24) is 15.2 Å². The molecule has 4 rings (SSSR count). The van der Waals surface area contributed by atoms with Crippen molar-refractivity contribution in [2.45, 2.75) is 24.6 Å². The van der Waals surface area contributed by atoms with Crippen LogP contribution in [0.3, 0.4) is 0 Å². The lowest BCUT2D eigenvalue weighted by molar-refractivity contribution is -0.168. The molecule has 4 heterocycles. The summed E-state index contributed by atoms with van der Waals surface area (Å²) >= 11 is 0. The molecule has 3 fully saturated rings. The highest BCUT2D eigenvalue weighted by molar-refractivity contribution is 5.70. The predicted octanol–water partition coefficient (Wildman–Crippen LogP) is 2.11. The van der Waals surface area contributed by atoms with Crippen molar-refractivity contribution in [3.05, 3.63) is 23.9 Å². The van der Waals surface area contributed by atoms with E-state index in [1.165, 1.54) is 0 Å². The Balaban J connectivity index is 1.23. The summed E-state index contributed by atoms with van der Waals surface area (Å²) in [6, 6.07) is 3.25. The molecule has 3 aliphatic heterocycles. The Hall–Kier alpha value is -2.72. The Morgan fingerprint density at radius 2 is 2.10 bits per heavy atom. The van der Waals surface area contributed by atoms with E-state index in [9.17, 15) is 22.8 Å². The van der Waals surface area contributed by atoms with E-state index in [4.69, 9.17) is 9.47 Å². The van der Waals surface area contributed by atoms with Crippen LogP contribution in [0.2, 0.25) is 0 Å². The van der Waals surface area contributed by atoms with Gasteiger partial charge in [-0.2, -0.15) is 13.2 Å². The van der Waals surface area contributed by atoms with E-state index in [0.29, 0.717) is 25.5 Å². The number of likely N-dealkylation sites (tertiary alicyclic amines) is 1. The van der Waals surface area contributed by atoms with E-state index < -0.39 is 24.3 Å². The van der Waals surface area contributed by atoms with Crippen LogP contribution in [0.4, 0.5) is 28.6 Å². The highest BCUT2D eigenvalue weighted by Gasteiger charge is 2.44. The molecule has 29 heavy (non-hydrogen) atoms. The first-order valence-electron chi connectivity index (χ1n) is 9.42. The number of cyclic esters (lactones) is 1. The molecule has 1 aromatic heterocycles. The van der Waals surface area contributed by atoms with Gasteiger partial charge in [0.05, 0.1) is 5.92 Å². The summed E-state index contributed by atoms with van der Waals surface area (Å²) < 4.78 is 48.3. The van der Waals surface area contributed by atoms with Crippen molar-refractivity contribution in [3.63, 3.8) is 0 Å². The summed E-state index contributed by atoms with van der Waals surface area (Å²) in [6.07, 6.45) is -3.40. The molecule has 0 bridgehead atoms. The van der Waals surface area contributed by atoms with E-state index in [1.54, 1.807) is 22.1 Å². The minimum atomic E-state index is -4.17. The van der Waals surface area contributed by atoms with Gasteiger partial charge in [-0.3, -0.25) is 0 Å². The monoisotopic (exact) mass is 414 g/mol. The summed E-state index contributed by atoms with van der Waals surface area (Å²) in [5.41, 5.74) is 0.931. The number of pyridine rings is 1. The van der Waals surface area contributed by atoms with Crippen molar-refractivity contribution in [2.75, 3.05) is 44.3 Å². The molecular formula is C18H21F3N4O4. The van der Waals surface area contributed by atoms with Crippen LogP contribution >= 0.6 is 0 Å². The number of ether oxygens (including phenoxy) is 2. The van der Waals surface area contributed by atoms with E-state index in [0.717, 1.165) is 5.56 Å². The average molecular weight is 414 g/mol. The highest BCUT2D eigenvalue weighted by Crippen LogP contribution is 2.35. The summed E-state index contributed by atoms with van der Waals surface area (Å²) in [4.78, 5) is 30.5. The minimum Gasteiger partial charge on any atom is -0.447 e. The number of carbonyl (C=O) groups is 2. The van der Waals surface area contributed by atoms with Gasteiger partial charge < -0.3 is 24.6 Å². The fraction of sp³-hybridized carbons (Fsp3) is 0.611. The Labute approximate surface area is 164 Å². The number of rotatable bonds is 4. The van der Waals surface area contributed by atoms with Gasteiger partial charge in [-0.05, 0) is 18.1 Å². The van der Waals surface area contributed by atoms with Crippen LogP contribution in [0.15, 0.2) is 18.3 Å². The van der Waals surface area contributed by atoms with Crippen LogP contribution in [-0.2, 0) is 9.47 Å². The number of anilines is 1. The molecule has 2 atom stereocenters. The molecule has 0 aliphatic carbocycles. The molecule has 11 heteroatoms. The maximum atomic E-state index is 12.8. The first-order chi connectivity index (χ1) is 13.8. The molecule has 0 saturated carbocycles. The molecule has 0 radical (unpaired) electrons. The molecule has 158 valence electrons. The first kappa shape index (κ1) is 19.6. The number of aromatic nitrogens is 1. The molecular weight excluding hydrogens is 393 g/mol. The smallest absolute Gasteiger partial charge is 0.409 e. The summed E-state index contributed by atoms with van der Waals surface area (Å²) in [5.74, 6) is -0.656. The van der Waals surface area contributed by atoms with Crippen LogP contribution < -0.4 is 10.2 Å². The maximum Gasteiger partial charge on any atom is 0.409 e.